The van der Waals surface area contributed by atoms with Crippen molar-refractivity contribution in [3.8, 4) is 11.3 Å². The molecular weight excluding hydrogens is 382 g/mol. The van der Waals surface area contributed by atoms with Crippen LogP contribution in [-0.4, -0.2) is 32.6 Å². The highest BCUT2D eigenvalue weighted by Crippen LogP contribution is 2.38. The van der Waals surface area contributed by atoms with E-state index in [0.717, 1.165) is 54.2 Å². The van der Waals surface area contributed by atoms with Crippen LogP contribution in [0.1, 0.15) is 71.0 Å². The zero-order valence-corrected chi connectivity index (χ0v) is 17.9. The summed E-state index contributed by atoms with van der Waals surface area (Å²) >= 11 is 0. The van der Waals surface area contributed by atoms with Crippen LogP contribution in [0, 0.1) is 33.6 Å². The number of hydrogen-bond donors (Lipinski definition) is 1. The zero-order valence-electron chi connectivity index (χ0n) is 17.9. The molecule has 1 N–H and O–H groups in total. The number of hydrogen-bond acceptors (Lipinski definition) is 7. The molecule has 3 aromatic rings. The van der Waals surface area contributed by atoms with Crippen molar-refractivity contribution in [2.45, 2.75) is 59.3 Å². The summed E-state index contributed by atoms with van der Waals surface area (Å²) < 4.78 is 10.9. The smallest absolute Gasteiger partial charge is 0.289 e. The van der Waals surface area contributed by atoms with E-state index in [9.17, 15) is 4.79 Å². The van der Waals surface area contributed by atoms with Crippen molar-refractivity contribution < 1.29 is 13.7 Å². The first-order chi connectivity index (χ1) is 14.4. The average Bonchev–Trinajstić information content (AvgIpc) is 3.31. The van der Waals surface area contributed by atoms with E-state index in [-0.39, 0.29) is 5.91 Å². The van der Waals surface area contributed by atoms with Gasteiger partial charge in [0.2, 0.25) is 5.76 Å². The van der Waals surface area contributed by atoms with E-state index >= 15 is 0 Å². The Kier molecular flexibility index (Phi) is 5.65. The van der Waals surface area contributed by atoms with E-state index < -0.39 is 0 Å². The van der Waals surface area contributed by atoms with Crippen molar-refractivity contribution in [3.63, 3.8) is 0 Å². The van der Waals surface area contributed by atoms with E-state index in [4.69, 9.17) is 13.9 Å². The van der Waals surface area contributed by atoms with E-state index in [2.05, 4.69) is 20.4 Å². The molecule has 0 unspecified atom stereocenters. The Bertz CT molecular complexity index is 1050. The fourth-order valence-electron chi connectivity index (χ4n) is 4.18. The van der Waals surface area contributed by atoms with E-state index in [0.29, 0.717) is 35.7 Å². The molecule has 0 saturated heterocycles. The van der Waals surface area contributed by atoms with Crippen LogP contribution in [0.4, 0.5) is 0 Å². The monoisotopic (exact) mass is 409 g/mol. The van der Waals surface area contributed by atoms with Gasteiger partial charge in [-0.15, -0.1) is 0 Å². The number of aryl methyl sites for hydroxylation is 4. The van der Waals surface area contributed by atoms with E-state index in [1.165, 1.54) is 0 Å². The van der Waals surface area contributed by atoms with Crippen LogP contribution in [0.2, 0.25) is 0 Å². The molecule has 0 atom stereocenters. The second-order valence-electron chi connectivity index (χ2n) is 8.12. The summed E-state index contributed by atoms with van der Waals surface area (Å²) in [7, 11) is 0. The molecule has 3 aromatic heterocycles. The minimum absolute atomic E-state index is 0.190. The molecule has 30 heavy (non-hydrogen) atoms. The van der Waals surface area contributed by atoms with Gasteiger partial charge < -0.3 is 14.3 Å². The van der Waals surface area contributed by atoms with Gasteiger partial charge in [-0.1, -0.05) is 5.16 Å². The standard InChI is InChI=1S/C22H27N5O3/c1-12-9-19(30-27-12)18-11-23-14(3)26-20(18)17-7-5-16(6-8-17)10-24-22(28)21-13(2)25-15(4)29-21/h9,11,16-17H,5-8,10H2,1-4H3,(H,24,28). The number of oxazole rings is 1. The van der Waals surface area contributed by atoms with Crippen molar-refractivity contribution in [1.29, 1.82) is 0 Å². The number of aromatic nitrogens is 4. The highest BCUT2D eigenvalue weighted by molar-refractivity contribution is 5.92. The van der Waals surface area contributed by atoms with Crippen molar-refractivity contribution in [2.75, 3.05) is 6.54 Å². The molecule has 8 nitrogen and oxygen atoms in total. The molecule has 0 aliphatic heterocycles. The highest BCUT2D eigenvalue weighted by atomic mass is 16.5. The molecule has 1 aliphatic carbocycles. The van der Waals surface area contributed by atoms with Crippen molar-refractivity contribution in [3.05, 3.63) is 46.8 Å². The molecule has 0 spiro atoms. The molecule has 3 heterocycles. The minimum Gasteiger partial charge on any atom is -0.436 e. The van der Waals surface area contributed by atoms with E-state index in [1.54, 1.807) is 13.8 Å². The molecule has 1 aliphatic rings. The molecule has 158 valence electrons. The molecule has 1 fully saturated rings. The lowest BCUT2D eigenvalue weighted by Gasteiger charge is -2.29. The van der Waals surface area contributed by atoms with Gasteiger partial charge in [0.1, 0.15) is 5.82 Å². The Labute approximate surface area is 175 Å². The van der Waals surface area contributed by atoms with Gasteiger partial charge in [0, 0.05) is 31.6 Å². The third kappa shape index (κ3) is 4.27. The Hall–Kier alpha value is -3.03. The molecule has 0 bridgehead atoms. The second kappa shape index (κ2) is 8.38. The SMILES string of the molecule is Cc1cc(-c2cnc(C)nc2C2CCC(CNC(=O)c3oc(C)nc3C)CC2)on1. The summed E-state index contributed by atoms with van der Waals surface area (Å²) in [5.74, 6) is 2.89. The number of rotatable bonds is 5. The van der Waals surface area contributed by atoms with Crippen molar-refractivity contribution >= 4 is 5.91 Å². The molecule has 1 amide bonds. The zero-order chi connectivity index (χ0) is 21.3. The van der Waals surface area contributed by atoms with Crippen LogP contribution in [-0.2, 0) is 0 Å². The second-order valence-corrected chi connectivity index (χ2v) is 8.12. The summed E-state index contributed by atoms with van der Waals surface area (Å²) in [4.78, 5) is 25.6. The van der Waals surface area contributed by atoms with Crippen LogP contribution < -0.4 is 5.32 Å². The maximum absolute atomic E-state index is 12.4. The van der Waals surface area contributed by atoms with Gasteiger partial charge >= 0.3 is 0 Å². The summed E-state index contributed by atoms with van der Waals surface area (Å²) in [6, 6.07) is 1.92. The van der Waals surface area contributed by atoms with Gasteiger partial charge in [-0.2, -0.15) is 0 Å². The number of nitrogens with zero attached hydrogens (tertiary/aromatic N) is 4. The molecule has 8 heteroatoms. The van der Waals surface area contributed by atoms with Gasteiger partial charge in [-0.3, -0.25) is 4.79 Å². The highest BCUT2D eigenvalue weighted by Gasteiger charge is 2.27. The maximum atomic E-state index is 12.4. The first-order valence-corrected chi connectivity index (χ1v) is 10.4. The van der Waals surface area contributed by atoms with E-state index in [1.807, 2.05) is 26.1 Å². The first-order valence-electron chi connectivity index (χ1n) is 10.4. The molecule has 4 rings (SSSR count). The predicted octanol–water partition coefficient (Wildman–Crippen LogP) is 4.06. The van der Waals surface area contributed by atoms with Gasteiger partial charge in [-0.25, -0.2) is 15.0 Å². The summed E-state index contributed by atoms with van der Waals surface area (Å²) in [6.07, 6.45) is 5.91. The average molecular weight is 409 g/mol. The maximum Gasteiger partial charge on any atom is 0.289 e. The lowest BCUT2D eigenvalue weighted by Crippen LogP contribution is -2.31. The summed E-state index contributed by atoms with van der Waals surface area (Å²) in [5.41, 5.74) is 3.43. The summed E-state index contributed by atoms with van der Waals surface area (Å²) in [5, 5.41) is 7.01. The minimum atomic E-state index is -0.190. The third-order valence-corrected chi connectivity index (χ3v) is 5.73. The Morgan fingerprint density at radius 3 is 2.53 bits per heavy atom. The van der Waals surface area contributed by atoms with Crippen LogP contribution in [0.5, 0.6) is 0 Å². The predicted molar refractivity (Wildman–Crippen MR) is 110 cm³/mol. The van der Waals surface area contributed by atoms with Crippen molar-refractivity contribution in [2.24, 2.45) is 5.92 Å². The molecule has 0 aromatic carbocycles. The Morgan fingerprint density at radius 1 is 1.13 bits per heavy atom. The van der Waals surface area contributed by atoms with Crippen molar-refractivity contribution in [1.82, 2.24) is 25.4 Å². The van der Waals surface area contributed by atoms with Gasteiger partial charge in [0.05, 0.1) is 22.6 Å². The van der Waals surface area contributed by atoms with Crippen LogP contribution in [0.3, 0.4) is 0 Å². The normalized spacial score (nSPS) is 19.1. The first kappa shape index (κ1) is 20.3. The Morgan fingerprint density at radius 2 is 1.90 bits per heavy atom. The number of carbonyl (C=O) groups excluding carboxylic acids is 1. The lowest BCUT2D eigenvalue weighted by molar-refractivity contribution is 0.0913. The fourth-order valence-corrected chi connectivity index (χ4v) is 4.18. The number of amides is 1. The fraction of sp³-hybridized carbons (Fsp3) is 0.500. The quantitative estimate of drug-likeness (QED) is 0.677. The Balaban J connectivity index is 1.38. The van der Waals surface area contributed by atoms with Gasteiger partial charge in [-0.05, 0) is 52.4 Å². The number of carbonyl (C=O) groups is 1. The van der Waals surface area contributed by atoms with Crippen LogP contribution in [0.15, 0.2) is 21.2 Å². The molecule has 1 saturated carbocycles. The van der Waals surface area contributed by atoms with Gasteiger partial charge in [0.25, 0.3) is 5.91 Å². The van der Waals surface area contributed by atoms with Crippen LogP contribution >= 0.6 is 0 Å². The van der Waals surface area contributed by atoms with Gasteiger partial charge in [0.15, 0.2) is 11.7 Å². The topological polar surface area (TPSA) is 107 Å². The largest absolute Gasteiger partial charge is 0.436 e. The molecule has 0 radical (unpaired) electrons. The third-order valence-electron chi connectivity index (χ3n) is 5.73. The molecular formula is C22H27N5O3. The number of nitrogens with one attached hydrogen (secondary N) is 1. The lowest BCUT2D eigenvalue weighted by atomic mass is 9.79. The summed E-state index contributed by atoms with van der Waals surface area (Å²) in [6.45, 7) is 7.99. The van der Waals surface area contributed by atoms with Crippen LogP contribution in [0.25, 0.3) is 11.3 Å².